The van der Waals surface area contributed by atoms with Crippen LogP contribution in [0.1, 0.15) is 44.9 Å². The van der Waals surface area contributed by atoms with Crippen molar-refractivity contribution in [2.75, 3.05) is 0 Å². The lowest BCUT2D eigenvalue weighted by Crippen LogP contribution is -2.50. The molecule has 0 aliphatic heterocycles. The molecular weight excluding hydrogens is 202 g/mol. The van der Waals surface area contributed by atoms with Crippen molar-refractivity contribution in [2.45, 2.75) is 50.9 Å². The maximum atomic E-state index is 12.8. The number of carboxylic acids is 1. The third kappa shape index (κ3) is 1.74. The summed E-state index contributed by atoms with van der Waals surface area (Å²) < 4.78 is 25.6. The van der Waals surface area contributed by atoms with Crippen molar-refractivity contribution < 1.29 is 18.7 Å². The highest BCUT2D eigenvalue weighted by Gasteiger charge is 2.58. The van der Waals surface area contributed by atoms with Crippen LogP contribution in [-0.2, 0) is 4.79 Å². The van der Waals surface area contributed by atoms with Crippen molar-refractivity contribution in [3.05, 3.63) is 0 Å². The summed E-state index contributed by atoms with van der Waals surface area (Å²) in [5.41, 5.74) is -0.833. The highest BCUT2D eigenvalue weighted by Crippen LogP contribution is 2.56. The van der Waals surface area contributed by atoms with Crippen LogP contribution >= 0.6 is 0 Å². The van der Waals surface area contributed by atoms with Gasteiger partial charge < -0.3 is 5.11 Å². The highest BCUT2D eigenvalue weighted by molar-refractivity contribution is 5.75. The van der Waals surface area contributed by atoms with Gasteiger partial charge in [0.05, 0.1) is 5.41 Å². The van der Waals surface area contributed by atoms with Gasteiger partial charge in [-0.25, -0.2) is 8.78 Å². The molecule has 4 heteroatoms. The summed E-state index contributed by atoms with van der Waals surface area (Å²) in [5, 5.41) is 9.25. The van der Waals surface area contributed by atoms with Crippen LogP contribution < -0.4 is 0 Å². The number of carbonyl (C=O) groups is 1. The lowest BCUT2D eigenvalue weighted by atomic mass is 9.58. The van der Waals surface area contributed by atoms with Crippen LogP contribution in [0.5, 0.6) is 0 Å². The van der Waals surface area contributed by atoms with E-state index in [0.29, 0.717) is 12.8 Å². The molecule has 0 aromatic rings. The molecule has 0 radical (unpaired) electrons. The Hall–Kier alpha value is -0.670. The van der Waals surface area contributed by atoms with Gasteiger partial charge in [-0.05, 0) is 18.8 Å². The molecule has 0 amide bonds. The second kappa shape index (κ2) is 3.42. The van der Waals surface area contributed by atoms with Gasteiger partial charge in [-0.3, -0.25) is 4.79 Å². The molecule has 0 unspecified atom stereocenters. The van der Waals surface area contributed by atoms with Crippen LogP contribution in [0.15, 0.2) is 0 Å². The predicted octanol–water partition coefficient (Wildman–Crippen LogP) is 3.07. The second-order valence-corrected chi connectivity index (χ2v) is 4.98. The molecule has 0 spiro atoms. The number of rotatable bonds is 2. The van der Waals surface area contributed by atoms with Crippen LogP contribution in [0.2, 0.25) is 0 Å². The van der Waals surface area contributed by atoms with Crippen molar-refractivity contribution in [1.82, 2.24) is 0 Å². The third-order valence-corrected chi connectivity index (χ3v) is 4.04. The van der Waals surface area contributed by atoms with Gasteiger partial charge in [0.1, 0.15) is 0 Å². The second-order valence-electron chi connectivity index (χ2n) is 4.98. The molecule has 86 valence electrons. The number of carboxylic acid groups (broad SMARTS) is 1. The van der Waals surface area contributed by atoms with Gasteiger partial charge >= 0.3 is 5.97 Å². The first-order valence-corrected chi connectivity index (χ1v) is 5.58. The first-order valence-electron chi connectivity index (χ1n) is 5.58. The van der Waals surface area contributed by atoms with Gasteiger partial charge in [0.25, 0.3) is 0 Å². The zero-order valence-corrected chi connectivity index (χ0v) is 8.64. The molecule has 2 aliphatic carbocycles. The van der Waals surface area contributed by atoms with Gasteiger partial charge in [-0.15, -0.1) is 0 Å². The van der Waals surface area contributed by atoms with Crippen molar-refractivity contribution in [3.8, 4) is 0 Å². The van der Waals surface area contributed by atoms with Crippen molar-refractivity contribution in [1.29, 1.82) is 0 Å². The number of hydrogen-bond donors (Lipinski definition) is 1. The van der Waals surface area contributed by atoms with E-state index in [1.165, 1.54) is 0 Å². The standard InChI is InChI=1S/C11H16F2O2/c12-11(13)6-8(7-11)10(9(14)15)4-2-1-3-5-10/h8H,1-7H2,(H,14,15). The topological polar surface area (TPSA) is 37.3 Å². The molecule has 0 aromatic heterocycles. The molecule has 2 nitrogen and oxygen atoms in total. The van der Waals surface area contributed by atoms with E-state index in [2.05, 4.69) is 0 Å². The van der Waals surface area contributed by atoms with E-state index in [1.54, 1.807) is 0 Å². The van der Waals surface area contributed by atoms with E-state index >= 15 is 0 Å². The van der Waals surface area contributed by atoms with Crippen molar-refractivity contribution >= 4 is 5.97 Å². The fourth-order valence-corrected chi connectivity index (χ4v) is 3.03. The average molecular weight is 218 g/mol. The Kier molecular flexibility index (Phi) is 2.47. The summed E-state index contributed by atoms with van der Waals surface area (Å²) in [6, 6.07) is 0. The molecule has 0 bridgehead atoms. The van der Waals surface area contributed by atoms with E-state index < -0.39 is 17.3 Å². The minimum atomic E-state index is -2.61. The first-order chi connectivity index (χ1) is 6.96. The summed E-state index contributed by atoms with van der Waals surface area (Å²) in [6.07, 6.45) is 3.51. The summed E-state index contributed by atoms with van der Waals surface area (Å²) in [7, 11) is 0. The Balaban J connectivity index is 2.10. The Morgan fingerprint density at radius 2 is 1.67 bits per heavy atom. The summed E-state index contributed by atoms with van der Waals surface area (Å²) in [6.45, 7) is 0. The average Bonchev–Trinajstić information content (AvgIpc) is 2.15. The largest absolute Gasteiger partial charge is 0.481 e. The lowest BCUT2D eigenvalue weighted by Gasteiger charge is -2.48. The van der Waals surface area contributed by atoms with E-state index in [-0.39, 0.29) is 18.8 Å². The van der Waals surface area contributed by atoms with Gasteiger partial charge in [-0.2, -0.15) is 0 Å². The van der Waals surface area contributed by atoms with Crippen molar-refractivity contribution in [2.24, 2.45) is 11.3 Å². The molecule has 0 saturated heterocycles. The molecule has 2 aliphatic rings. The molecule has 0 heterocycles. The van der Waals surface area contributed by atoms with E-state index in [9.17, 15) is 18.7 Å². The summed E-state index contributed by atoms with van der Waals surface area (Å²) >= 11 is 0. The van der Waals surface area contributed by atoms with E-state index in [4.69, 9.17) is 0 Å². The SMILES string of the molecule is O=C(O)C1(C2CC(F)(F)C2)CCCCC1. The fourth-order valence-electron chi connectivity index (χ4n) is 3.03. The molecular formula is C11H16F2O2. The number of alkyl halides is 2. The monoisotopic (exact) mass is 218 g/mol. The van der Waals surface area contributed by atoms with E-state index in [1.807, 2.05) is 0 Å². The minimum absolute atomic E-state index is 0.223. The van der Waals surface area contributed by atoms with Crippen LogP contribution in [0.4, 0.5) is 8.78 Å². The molecule has 2 saturated carbocycles. The van der Waals surface area contributed by atoms with E-state index in [0.717, 1.165) is 19.3 Å². The van der Waals surface area contributed by atoms with Gasteiger partial charge in [0, 0.05) is 12.8 Å². The molecule has 2 rings (SSSR count). The molecule has 0 aromatic carbocycles. The predicted molar refractivity (Wildman–Crippen MR) is 50.8 cm³/mol. The van der Waals surface area contributed by atoms with Gasteiger partial charge in [-0.1, -0.05) is 19.3 Å². The van der Waals surface area contributed by atoms with Crippen molar-refractivity contribution in [3.63, 3.8) is 0 Å². The zero-order chi connectivity index (χ0) is 11.1. The van der Waals surface area contributed by atoms with Crippen LogP contribution in [0, 0.1) is 11.3 Å². The third-order valence-electron chi connectivity index (χ3n) is 4.04. The smallest absolute Gasteiger partial charge is 0.309 e. The minimum Gasteiger partial charge on any atom is -0.481 e. The molecule has 0 atom stereocenters. The Bertz CT molecular complexity index is 262. The fraction of sp³-hybridized carbons (Fsp3) is 0.909. The lowest BCUT2D eigenvalue weighted by molar-refractivity contribution is -0.182. The number of hydrogen-bond acceptors (Lipinski definition) is 1. The molecule has 2 fully saturated rings. The zero-order valence-electron chi connectivity index (χ0n) is 8.64. The molecule has 1 N–H and O–H groups in total. The number of halogens is 2. The number of aliphatic carboxylic acids is 1. The van der Waals surface area contributed by atoms with Crippen LogP contribution in [-0.4, -0.2) is 17.0 Å². The van der Waals surface area contributed by atoms with Gasteiger partial charge in [0.2, 0.25) is 5.92 Å². The quantitative estimate of drug-likeness (QED) is 0.773. The maximum absolute atomic E-state index is 12.8. The Morgan fingerprint density at radius 1 is 1.13 bits per heavy atom. The van der Waals surface area contributed by atoms with Crippen LogP contribution in [0.3, 0.4) is 0 Å². The molecule has 15 heavy (non-hydrogen) atoms. The first kappa shape index (κ1) is 10.8. The Morgan fingerprint density at radius 3 is 2.07 bits per heavy atom. The highest BCUT2D eigenvalue weighted by atomic mass is 19.3. The summed E-state index contributed by atoms with van der Waals surface area (Å²) in [5.74, 6) is -3.77. The van der Waals surface area contributed by atoms with Gasteiger partial charge in [0.15, 0.2) is 0 Å². The maximum Gasteiger partial charge on any atom is 0.309 e. The summed E-state index contributed by atoms with van der Waals surface area (Å²) in [4.78, 5) is 11.3. The Labute approximate surface area is 87.7 Å². The van der Waals surface area contributed by atoms with Crippen LogP contribution in [0.25, 0.3) is 0 Å². The normalized spacial score (nSPS) is 29.5.